The minimum Gasteiger partial charge on any atom is -0.389 e. The van der Waals surface area contributed by atoms with E-state index in [-0.39, 0.29) is 35.2 Å². The molecule has 4 rings (SSSR count). The minimum absolute atomic E-state index is 0.0143. The number of benzene rings is 1. The van der Waals surface area contributed by atoms with E-state index in [4.69, 9.17) is 0 Å². The molecule has 10 nitrogen and oxygen atoms in total. The van der Waals surface area contributed by atoms with Gasteiger partial charge in [0.15, 0.2) is 11.5 Å². The van der Waals surface area contributed by atoms with Crippen molar-refractivity contribution >= 4 is 29.0 Å². The predicted octanol–water partition coefficient (Wildman–Crippen LogP) is 2.78. The number of anilines is 3. The third-order valence-electron chi connectivity index (χ3n) is 4.98. The largest absolute Gasteiger partial charge is 0.389 e. The Hall–Kier alpha value is -3.99. The molecule has 0 radical (unpaired) electrons. The molecule has 4 N–H and O–H groups in total. The lowest BCUT2D eigenvalue weighted by Gasteiger charge is -2.18. The minimum atomic E-state index is -1.16. The molecule has 0 saturated heterocycles. The molecule has 0 bridgehead atoms. The van der Waals surface area contributed by atoms with Crippen molar-refractivity contribution in [3.8, 4) is 0 Å². The number of carbonyl (C=O) groups is 2. The summed E-state index contributed by atoms with van der Waals surface area (Å²) in [5, 5.41) is 18.0. The fourth-order valence-corrected chi connectivity index (χ4v) is 3.12. The van der Waals surface area contributed by atoms with Crippen molar-refractivity contribution in [2.45, 2.75) is 38.2 Å². The molecular weight excluding hydrogens is 441 g/mol. The summed E-state index contributed by atoms with van der Waals surface area (Å²) in [6.07, 6.45) is 7.98. The number of amides is 2. The van der Waals surface area contributed by atoms with E-state index in [0.29, 0.717) is 11.4 Å². The molecule has 1 saturated carbocycles. The summed E-state index contributed by atoms with van der Waals surface area (Å²) < 4.78 is 13.9. The van der Waals surface area contributed by atoms with E-state index in [1.807, 2.05) is 0 Å². The fourth-order valence-electron chi connectivity index (χ4n) is 3.12. The fraction of sp³-hybridized carbons (Fsp3) is 0.304. The number of hydrogen-bond acceptors (Lipinski definition) is 8. The van der Waals surface area contributed by atoms with E-state index >= 15 is 0 Å². The first-order valence-electron chi connectivity index (χ1n) is 10.7. The van der Waals surface area contributed by atoms with E-state index in [9.17, 15) is 19.1 Å². The second-order valence-electron chi connectivity index (χ2n) is 8.66. The Morgan fingerprint density at radius 1 is 1.15 bits per heavy atom. The maximum atomic E-state index is 13.9. The van der Waals surface area contributed by atoms with E-state index in [1.54, 1.807) is 6.20 Å². The van der Waals surface area contributed by atoms with Crippen LogP contribution in [0.2, 0.25) is 0 Å². The number of rotatable bonds is 8. The summed E-state index contributed by atoms with van der Waals surface area (Å²) in [6, 6.07) is 3.44. The van der Waals surface area contributed by atoms with E-state index in [2.05, 4.69) is 35.9 Å². The highest BCUT2D eigenvalue weighted by molar-refractivity contribution is 6.10. The molecule has 2 amide bonds. The smallest absolute Gasteiger partial charge is 0.278 e. The lowest BCUT2D eigenvalue weighted by molar-refractivity contribution is 0.0694. The number of carbonyl (C=O) groups excluding carboxylic acids is 2. The molecule has 1 aromatic carbocycles. The summed E-state index contributed by atoms with van der Waals surface area (Å²) in [6.45, 7) is 3.00. The number of halogens is 1. The zero-order valence-corrected chi connectivity index (χ0v) is 18.7. The maximum absolute atomic E-state index is 13.9. The molecule has 1 fully saturated rings. The van der Waals surface area contributed by atoms with Gasteiger partial charge in [0.1, 0.15) is 12.1 Å². The first kappa shape index (κ1) is 23.2. The summed E-state index contributed by atoms with van der Waals surface area (Å²) in [5.41, 5.74) is 0.0655. The summed E-state index contributed by atoms with van der Waals surface area (Å²) in [5.74, 6) is -1.48. The number of hydrogen-bond donors (Lipinski definition) is 4. The van der Waals surface area contributed by atoms with Gasteiger partial charge in [-0.3, -0.25) is 9.59 Å². The number of nitrogens with zero attached hydrogens (tertiary/aromatic N) is 4. The van der Waals surface area contributed by atoms with Crippen molar-refractivity contribution in [1.29, 1.82) is 0 Å². The highest BCUT2D eigenvalue weighted by Crippen LogP contribution is 2.39. The van der Waals surface area contributed by atoms with Crippen molar-refractivity contribution in [2.75, 3.05) is 17.2 Å². The van der Waals surface area contributed by atoms with Crippen LogP contribution in [0.15, 0.2) is 43.1 Å². The SMILES string of the molecule is CC(C)(O)CNC(=O)c1cc(F)ccc1NC(=O)c1nc(C2CC2)cnc1Nc1cncnc1. The third-order valence-corrected chi connectivity index (χ3v) is 4.98. The Kier molecular flexibility index (Phi) is 6.46. The van der Waals surface area contributed by atoms with Gasteiger partial charge in [-0.1, -0.05) is 0 Å². The van der Waals surface area contributed by atoms with Gasteiger partial charge in [0.2, 0.25) is 0 Å². The van der Waals surface area contributed by atoms with Crippen molar-refractivity contribution in [1.82, 2.24) is 25.3 Å². The highest BCUT2D eigenvalue weighted by Gasteiger charge is 2.28. The third kappa shape index (κ3) is 5.87. The van der Waals surface area contributed by atoms with Crippen LogP contribution in [-0.2, 0) is 0 Å². The summed E-state index contributed by atoms with van der Waals surface area (Å²) in [4.78, 5) is 42.6. The van der Waals surface area contributed by atoms with Crippen LogP contribution in [0.5, 0.6) is 0 Å². The van der Waals surface area contributed by atoms with Crippen LogP contribution in [0.4, 0.5) is 21.6 Å². The van der Waals surface area contributed by atoms with Gasteiger partial charge in [-0.25, -0.2) is 24.3 Å². The number of nitrogens with one attached hydrogen (secondary N) is 3. The monoisotopic (exact) mass is 465 g/mol. The Morgan fingerprint density at radius 2 is 1.88 bits per heavy atom. The van der Waals surface area contributed by atoms with Crippen LogP contribution in [0.1, 0.15) is 59.1 Å². The molecule has 0 atom stereocenters. The van der Waals surface area contributed by atoms with Gasteiger partial charge in [-0.2, -0.15) is 0 Å². The zero-order chi connectivity index (χ0) is 24.3. The summed E-state index contributed by atoms with van der Waals surface area (Å²) >= 11 is 0. The Labute approximate surface area is 195 Å². The molecule has 3 aromatic rings. The first-order valence-corrected chi connectivity index (χ1v) is 10.7. The van der Waals surface area contributed by atoms with Crippen LogP contribution in [0.3, 0.4) is 0 Å². The van der Waals surface area contributed by atoms with Crippen molar-refractivity contribution in [2.24, 2.45) is 0 Å². The summed E-state index contributed by atoms with van der Waals surface area (Å²) in [7, 11) is 0. The Morgan fingerprint density at radius 3 is 2.56 bits per heavy atom. The normalized spacial score (nSPS) is 13.3. The molecule has 2 aromatic heterocycles. The molecular formula is C23H24FN7O3. The Balaban J connectivity index is 1.62. The van der Waals surface area contributed by atoms with Crippen LogP contribution in [0.25, 0.3) is 0 Å². The standard InChI is InChI=1S/C23H24FN7O3/c1-23(2,34)11-28-21(32)16-7-14(24)5-6-17(16)31-22(33)19-20(29-15-8-25-12-26-9-15)27-10-18(30-19)13-3-4-13/h5-10,12-13,34H,3-4,11H2,1-2H3,(H,27,29)(H,28,32)(H,31,33). The van der Waals surface area contributed by atoms with Crippen molar-refractivity contribution in [3.05, 3.63) is 65.9 Å². The molecule has 11 heteroatoms. The van der Waals surface area contributed by atoms with Gasteiger partial charge in [0, 0.05) is 12.5 Å². The van der Waals surface area contributed by atoms with Crippen LogP contribution < -0.4 is 16.0 Å². The second-order valence-corrected chi connectivity index (χ2v) is 8.66. The molecule has 34 heavy (non-hydrogen) atoms. The van der Waals surface area contributed by atoms with Gasteiger partial charge < -0.3 is 21.1 Å². The lowest BCUT2D eigenvalue weighted by atomic mass is 10.1. The van der Waals surface area contributed by atoms with Crippen LogP contribution in [-0.4, -0.2) is 49.0 Å². The maximum Gasteiger partial charge on any atom is 0.278 e. The van der Waals surface area contributed by atoms with Gasteiger partial charge in [-0.05, 0) is 44.9 Å². The molecule has 0 unspecified atom stereocenters. The quantitative estimate of drug-likeness (QED) is 0.398. The average Bonchev–Trinajstić information content (AvgIpc) is 3.64. The first-order chi connectivity index (χ1) is 16.2. The van der Waals surface area contributed by atoms with E-state index in [1.165, 1.54) is 38.6 Å². The number of aliphatic hydroxyl groups is 1. The van der Waals surface area contributed by atoms with Crippen LogP contribution >= 0.6 is 0 Å². The zero-order valence-electron chi connectivity index (χ0n) is 18.7. The molecule has 176 valence electrons. The Bertz CT molecular complexity index is 1210. The van der Waals surface area contributed by atoms with Crippen LogP contribution in [0, 0.1) is 5.82 Å². The number of aromatic nitrogens is 4. The molecule has 1 aliphatic carbocycles. The highest BCUT2D eigenvalue weighted by atomic mass is 19.1. The van der Waals surface area contributed by atoms with Gasteiger partial charge in [0.25, 0.3) is 11.8 Å². The van der Waals surface area contributed by atoms with Gasteiger partial charge in [-0.15, -0.1) is 0 Å². The topological polar surface area (TPSA) is 142 Å². The van der Waals surface area contributed by atoms with Gasteiger partial charge >= 0.3 is 0 Å². The molecule has 0 aliphatic heterocycles. The lowest BCUT2D eigenvalue weighted by Crippen LogP contribution is -2.38. The second kappa shape index (κ2) is 9.48. The van der Waals surface area contributed by atoms with Crippen molar-refractivity contribution in [3.63, 3.8) is 0 Å². The predicted molar refractivity (Wildman–Crippen MR) is 122 cm³/mol. The average molecular weight is 465 g/mol. The molecule has 1 aliphatic rings. The van der Waals surface area contributed by atoms with Gasteiger partial charge in [0.05, 0.1) is 46.8 Å². The molecule has 2 heterocycles. The van der Waals surface area contributed by atoms with Crippen molar-refractivity contribution < 1.29 is 19.1 Å². The van der Waals surface area contributed by atoms with E-state index < -0.39 is 23.2 Å². The molecule has 0 spiro atoms. The van der Waals surface area contributed by atoms with E-state index in [0.717, 1.165) is 25.0 Å².